The largest absolute Gasteiger partial charge is 0.491 e. The smallest absolute Gasteiger partial charge is 0.409 e. The number of carbonyl (C=O) groups excluding carboxylic acids is 2. The molecule has 1 saturated carbocycles. The van der Waals surface area contributed by atoms with Gasteiger partial charge in [0.1, 0.15) is 25.1 Å². The number of amides is 2. The van der Waals surface area contributed by atoms with E-state index in [1.165, 1.54) is 0 Å². The first-order chi connectivity index (χ1) is 17.8. The van der Waals surface area contributed by atoms with Crippen molar-refractivity contribution < 1.29 is 24.2 Å². The molecule has 3 atom stereocenters. The first-order valence-corrected chi connectivity index (χ1v) is 13.2. The van der Waals surface area contributed by atoms with Crippen LogP contribution in [0.1, 0.15) is 25.3 Å². The molecule has 4 rings (SSSR count). The van der Waals surface area contributed by atoms with Crippen LogP contribution in [-0.2, 0) is 9.53 Å². The molecule has 1 aliphatic carbocycles. The van der Waals surface area contributed by atoms with Gasteiger partial charge in [0.2, 0.25) is 5.91 Å². The highest BCUT2D eigenvalue weighted by Gasteiger charge is 2.45. The molecule has 3 aliphatic rings. The SMILES string of the molecule is CC(=O)N1CCN(CCOC(=O)N(C)C2C3CCC2CN(CC(O)COc2ccc(C#N)cc2)C3)CC1. The Morgan fingerprint density at radius 3 is 2.35 bits per heavy atom. The van der Waals surface area contributed by atoms with E-state index in [1.807, 2.05) is 11.9 Å². The number of ether oxygens (including phenoxy) is 2. The Morgan fingerprint density at radius 1 is 1.11 bits per heavy atom. The van der Waals surface area contributed by atoms with Crippen molar-refractivity contribution in [3.8, 4) is 11.8 Å². The van der Waals surface area contributed by atoms with Gasteiger partial charge in [0.25, 0.3) is 0 Å². The molecular weight excluding hydrogens is 474 g/mol. The van der Waals surface area contributed by atoms with Gasteiger partial charge in [0, 0.05) is 72.4 Å². The second-order valence-electron chi connectivity index (χ2n) is 10.5. The Labute approximate surface area is 219 Å². The lowest BCUT2D eigenvalue weighted by Crippen LogP contribution is -2.54. The molecule has 1 aromatic carbocycles. The number of aliphatic hydroxyl groups excluding tert-OH is 1. The highest BCUT2D eigenvalue weighted by Crippen LogP contribution is 2.39. The molecule has 2 amide bonds. The molecule has 1 aromatic rings. The minimum atomic E-state index is -0.619. The summed E-state index contributed by atoms with van der Waals surface area (Å²) in [5, 5.41) is 19.4. The Bertz CT molecular complexity index is 945. The summed E-state index contributed by atoms with van der Waals surface area (Å²) in [5.74, 6) is 1.47. The molecule has 10 heteroatoms. The van der Waals surface area contributed by atoms with E-state index in [-0.39, 0.29) is 24.6 Å². The third-order valence-corrected chi connectivity index (χ3v) is 7.94. The van der Waals surface area contributed by atoms with E-state index in [2.05, 4.69) is 15.9 Å². The fraction of sp³-hybridized carbons (Fsp3) is 0.667. The molecule has 2 aliphatic heterocycles. The molecule has 2 bridgehead atoms. The number of hydrogen-bond acceptors (Lipinski definition) is 8. The summed E-state index contributed by atoms with van der Waals surface area (Å²) in [4.78, 5) is 32.4. The highest BCUT2D eigenvalue weighted by molar-refractivity contribution is 5.73. The third-order valence-electron chi connectivity index (χ3n) is 7.94. The Balaban J connectivity index is 1.17. The number of piperidine rings is 1. The number of benzene rings is 1. The summed E-state index contributed by atoms with van der Waals surface area (Å²) in [5.41, 5.74) is 0.573. The number of β-amino-alcohol motifs (C(OH)–C–C–N with tert-alkyl or cyclic N) is 1. The molecule has 0 aromatic heterocycles. The van der Waals surface area contributed by atoms with Gasteiger partial charge in [0.05, 0.1) is 11.6 Å². The monoisotopic (exact) mass is 513 g/mol. The Morgan fingerprint density at radius 2 is 1.76 bits per heavy atom. The highest BCUT2D eigenvalue weighted by atomic mass is 16.6. The molecular formula is C27H39N5O5. The quantitative estimate of drug-likeness (QED) is 0.525. The predicted octanol–water partition coefficient (Wildman–Crippen LogP) is 1.24. The van der Waals surface area contributed by atoms with Crippen LogP contribution in [0.3, 0.4) is 0 Å². The molecule has 10 nitrogen and oxygen atoms in total. The van der Waals surface area contributed by atoms with Gasteiger partial charge < -0.3 is 24.4 Å². The zero-order chi connectivity index (χ0) is 26.4. The van der Waals surface area contributed by atoms with Gasteiger partial charge in [-0.1, -0.05) is 0 Å². The standard InChI is InChI=1S/C27H39N5O5/c1-20(33)32-11-9-30(10-12-32)13-14-36-27(35)29(2)26-22-5-6-23(26)17-31(16-22)18-24(34)19-37-25-7-3-21(15-28)4-8-25/h3-4,7-8,22-24,26,34H,5-6,9-14,16-19H2,1-2H3. The summed E-state index contributed by atoms with van der Waals surface area (Å²) in [7, 11) is 1.85. The van der Waals surface area contributed by atoms with Crippen LogP contribution >= 0.6 is 0 Å². The maximum Gasteiger partial charge on any atom is 0.409 e. The van der Waals surface area contributed by atoms with E-state index in [0.717, 1.165) is 52.1 Å². The average molecular weight is 514 g/mol. The summed E-state index contributed by atoms with van der Waals surface area (Å²) in [6, 6.07) is 9.11. The first-order valence-electron chi connectivity index (χ1n) is 13.2. The van der Waals surface area contributed by atoms with Crippen molar-refractivity contribution in [3.05, 3.63) is 29.8 Å². The van der Waals surface area contributed by atoms with Gasteiger partial charge in [-0.25, -0.2) is 4.79 Å². The lowest BCUT2D eigenvalue weighted by atomic mass is 9.91. The summed E-state index contributed by atoms with van der Waals surface area (Å²) >= 11 is 0. The Kier molecular flexibility index (Phi) is 9.24. The van der Waals surface area contributed by atoms with Crippen LogP contribution in [-0.4, -0.2) is 121 Å². The van der Waals surface area contributed by atoms with Crippen molar-refractivity contribution in [2.75, 3.05) is 72.6 Å². The zero-order valence-electron chi connectivity index (χ0n) is 21.9. The first kappa shape index (κ1) is 27.2. The van der Waals surface area contributed by atoms with Crippen molar-refractivity contribution in [2.24, 2.45) is 11.8 Å². The minimum Gasteiger partial charge on any atom is -0.491 e. The zero-order valence-corrected chi connectivity index (χ0v) is 21.9. The summed E-state index contributed by atoms with van der Waals surface area (Å²) < 4.78 is 11.3. The van der Waals surface area contributed by atoms with Crippen LogP contribution in [0, 0.1) is 23.2 Å². The second-order valence-corrected chi connectivity index (χ2v) is 10.5. The number of hydrogen-bond donors (Lipinski definition) is 1. The molecule has 37 heavy (non-hydrogen) atoms. The molecule has 1 N–H and O–H groups in total. The summed E-state index contributed by atoms with van der Waals surface area (Å²) in [6.07, 6.45) is 1.25. The normalized spacial score (nSPS) is 24.8. The lowest BCUT2D eigenvalue weighted by Gasteiger charge is -2.42. The number of piperazine rings is 1. The van der Waals surface area contributed by atoms with Crippen LogP contribution in [0.5, 0.6) is 5.75 Å². The number of likely N-dealkylation sites (tertiary alicyclic amines) is 1. The van der Waals surface area contributed by atoms with E-state index >= 15 is 0 Å². The number of fused-ring (bicyclic) bond motifs is 2. The van der Waals surface area contributed by atoms with E-state index in [1.54, 1.807) is 36.1 Å². The van der Waals surface area contributed by atoms with E-state index in [0.29, 0.717) is 42.8 Å². The van der Waals surface area contributed by atoms with E-state index in [9.17, 15) is 14.7 Å². The van der Waals surface area contributed by atoms with Gasteiger partial charge in [-0.2, -0.15) is 5.26 Å². The van der Waals surface area contributed by atoms with Crippen molar-refractivity contribution in [1.29, 1.82) is 5.26 Å². The van der Waals surface area contributed by atoms with Crippen molar-refractivity contribution in [1.82, 2.24) is 19.6 Å². The second kappa shape index (κ2) is 12.6. The topological polar surface area (TPSA) is 110 Å². The van der Waals surface area contributed by atoms with Crippen LogP contribution < -0.4 is 4.74 Å². The maximum atomic E-state index is 12.8. The van der Waals surface area contributed by atoms with Gasteiger partial charge in [-0.15, -0.1) is 0 Å². The number of rotatable bonds is 9. The molecule has 2 saturated heterocycles. The van der Waals surface area contributed by atoms with E-state index in [4.69, 9.17) is 14.7 Å². The lowest BCUT2D eigenvalue weighted by molar-refractivity contribution is -0.130. The van der Waals surface area contributed by atoms with Gasteiger partial charge in [-0.3, -0.25) is 14.6 Å². The number of aliphatic hydroxyl groups is 1. The molecule has 202 valence electrons. The minimum absolute atomic E-state index is 0.110. The predicted molar refractivity (Wildman–Crippen MR) is 137 cm³/mol. The summed E-state index contributed by atoms with van der Waals surface area (Å²) in [6.45, 7) is 8.09. The molecule has 3 fully saturated rings. The molecule has 0 spiro atoms. The molecule has 3 unspecified atom stereocenters. The average Bonchev–Trinajstić information content (AvgIpc) is 3.17. The number of nitriles is 1. The number of carbonyl (C=O) groups is 2. The van der Waals surface area contributed by atoms with Crippen molar-refractivity contribution in [2.45, 2.75) is 31.9 Å². The van der Waals surface area contributed by atoms with Crippen LogP contribution in [0.25, 0.3) is 0 Å². The van der Waals surface area contributed by atoms with Crippen LogP contribution in [0.2, 0.25) is 0 Å². The Hall–Kier alpha value is -2.87. The van der Waals surface area contributed by atoms with Gasteiger partial charge in [-0.05, 0) is 48.9 Å². The molecule has 0 radical (unpaired) electrons. The maximum absolute atomic E-state index is 12.8. The van der Waals surface area contributed by atoms with Crippen LogP contribution in [0.15, 0.2) is 24.3 Å². The number of nitrogens with zero attached hydrogens (tertiary/aromatic N) is 5. The fourth-order valence-corrected chi connectivity index (χ4v) is 6.01. The van der Waals surface area contributed by atoms with Gasteiger partial charge >= 0.3 is 6.09 Å². The fourth-order valence-electron chi connectivity index (χ4n) is 6.01. The van der Waals surface area contributed by atoms with Crippen LogP contribution in [0.4, 0.5) is 4.79 Å². The van der Waals surface area contributed by atoms with E-state index < -0.39 is 6.10 Å². The van der Waals surface area contributed by atoms with Crippen molar-refractivity contribution in [3.63, 3.8) is 0 Å². The molecule has 2 heterocycles. The van der Waals surface area contributed by atoms with Crippen molar-refractivity contribution >= 4 is 12.0 Å². The van der Waals surface area contributed by atoms with Gasteiger partial charge in [0.15, 0.2) is 0 Å². The third kappa shape index (κ3) is 7.12.